The third-order valence-corrected chi connectivity index (χ3v) is 8.33. The predicted octanol–water partition coefficient (Wildman–Crippen LogP) is 5.75. The summed E-state index contributed by atoms with van der Waals surface area (Å²) in [6.45, 7) is 5.30. The first-order valence-corrected chi connectivity index (χ1v) is 13.7. The lowest BCUT2D eigenvalue weighted by Gasteiger charge is -2.19. The molecule has 0 radical (unpaired) electrons. The van der Waals surface area contributed by atoms with Gasteiger partial charge >= 0.3 is 0 Å². The van der Waals surface area contributed by atoms with Crippen LogP contribution in [0.5, 0.6) is 5.75 Å². The van der Waals surface area contributed by atoms with E-state index in [0.717, 1.165) is 20.5 Å². The maximum atomic E-state index is 15.1. The maximum absolute atomic E-state index is 15.1. The van der Waals surface area contributed by atoms with Gasteiger partial charge in [-0.25, -0.2) is 26.7 Å². The van der Waals surface area contributed by atoms with E-state index in [1.807, 2.05) is 6.92 Å². The minimum absolute atomic E-state index is 0.0553. The highest BCUT2D eigenvalue weighted by Crippen LogP contribution is 2.38. The minimum Gasteiger partial charge on any atom is -0.494 e. The first-order valence-electron chi connectivity index (χ1n) is 12.3. The Morgan fingerprint density at radius 2 is 1.76 bits per heavy atom. The number of aryl methyl sites for hydroxylation is 1. The van der Waals surface area contributed by atoms with Gasteiger partial charge in [0.2, 0.25) is 11.9 Å². The number of carbonyl (C=O) groups is 1. The molecule has 0 saturated heterocycles. The highest BCUT2D eigenvalue weighted by molar-refractivity contribution is 7.90. The number of fused-ring (bicyclic) bond motifs is 1. The van der Waals surface area contributed by atoms with Crippen molar-refractivity contribution < 1.29 is 26.7 Å². The number of ether oxygens (including phenoxy) is 1. The molecule has 0 N–H and O–H groups in total. The number of methoxy groups -OCH3 is 1. The van der Waals surface area contributed by atoms with Gasteiger partial charge in [0.25, 0.3) is 10.0 Å². The zero-order valence-corrected chi connectivity index (χ0v) is 23.1. The smallest absolute Gasteiger partial charge is 0.269 e. The van der Waals surface area contributed by atoms with E-state index in [9.17, 15) is 17.6 Å². The number of amides is 1. The average Bonchev–Trinajstić information content (AvgIpc) is 3.36. The van der Waals surface area contributed by atoms with Gasteiger partial charge in [-0.2, -0.15) is 4.39 Å². The molecule has 0 atom stereocenters. The van der Waals surface area contributed by atoms with Crippen LogP contribution in [0.3, 0.4) is 0 Å². The zero-order chi connectivity index (χ0) is 29.5. The van der Waals surface area contributed by atoms with Crippen LogP contribution in [-0.4, -0.2) is 42.4 Å². The van der Waals surface area contributed by atoms with E-state index in [-0.39, 0.29) is 22.0 Å². The van der Waals surface area contributed by atoms with E-state index in [0.29, 0.717) is 27.6 Å². The third-order valence-electron chi connectivity index (χ3n) is 6.67. The number of rotatable bonds is 7. The van der Waals surface area contributed by atoms with Gasteiger partial charge in [-0.05, 0) is 60.5 Å². The summed E-state index contributed by atoms with van der Waals surface area (Å²) in [7, 11) is -1.38. The summed E-state index contributed by atoms with van der Waals surface area (Å²) in [5.41, 5.74) is 2.63. The summed E-state index contributed by atoms with van der Waals surface area (Å²) in [4.78, 5) is 21.5. The molecule has 2 aromatic carbocycles. The SMILES string of the molecule is C=CC(=O)N(C)c1cc(-c2cnc3c(c2)c(-c2ccnc(F)c2)cn3S(=O)(=O)c2ccc(C)cc2)cc(OC)c1F. The molecule has 8 nitrogen and oxygen atoms in total. The molecule has 0 aliphatic rings. The summed E-state index contributed by atoms with van der Waals surface area (Å²) in [5.74, 6) is -2.13. The molecule has 0 fully saturated rings. The van der Waals surface area contributed by atoms with Gasteiger partial charge in [0.1, 0.15) is 0 Å². The highest BCUT2D eigenvalue weighted by atomic mass is 32.2. The summed E-state index contributed by atoms with van der Waals surface area (Å²) in [6, 6.07) is 13.7. The van der Waals surface area contributed by atoms with Gasteiger partial charge in [0, 0.05) is 48.2 Å². The van der Waals surface area contributed by atoms with Crippen LogP contribution in [-0.2, 0) is 14.8 Å². The Morgan fingerprint density at radius 3 is 2.41 bits per heavy atom. The Balaban J connectivity index is 1.76. The number of hydrogen-bond acceptors (Lipinski definition) is 6. The molecule has 0 bridgehead atoms. The standard InChI is InChI=1S/C30H24F2N4O4S/c1-5-28(37)35(3)25-13-20(14-26(40-4)29(25)32)21-12-23-24(19-10-11-33-27(31)15-19)17-36(30(23)34-16-21)41(38,39)22-8-6-18(2)7-9-22/h5-17H,1H2,2-4H3. The fourth-order valence-corrected chi connectivity index (χ4v) is 5.77. The number of anilines is 1. The Hall–Kier alpha value is -4.90. The number of benzene rings is 2. The monoisotopic (exact) mass is 574 g/mol. The molecule has 11 heteroatoms. The Morgan fingerprint density at radius 1 is 1.02 bits per heavy atom. The molecule has 0 unspecified atom stereocenters. The fourth-order valence-electron chi connectivity index (χ4n) is 4.44. The lowest BCUT2D eigenvalue weighted by atomic mass is 10.0. The molecule has 0 saturated carbocycles. The van der Waals surface area contributed by atoms with Crippen LogP contribution in [0.15, 0.2) is 90.7 Å². The lowest BCUT2D eigenvalue weighted by molar-refractivity contribution is -0.113. The first-order chi connectivity index (χ1) is 19.5. The van der Waals surface area contributed by atoms with Crippen LogP contribution in [0.4, 0.5) is 14.5 Å². The Kier molecular flexibility index (Phi) is 7.14. The van der Waals surface area contributed by atoms with Crippen LogP contribution in [0.2, 0.25) is 0 Å². The van der Waals surface area contributed by atoms with Gasteiger partial charge < -0.3 is 9.64 Å². The highest BCUT2D eigenvalue weighted by Gasteiger charge is 2.24. The van der Waals surface area contributed by atoms with Crippen molar-refractivity contribution in [3.63, 3.8) is 0 Å². The van der Waals surface area contributed by atoms with E-state index >= 15 is 4.39 Å². The molecule has 0 spiro atoms. The quantitative estimate of drug-likeness (QED) is 0.182. The van der Waals surface area contributed by atoms with Crippen molar-refractivity contribution in [2.45, 2.75) is 11.8 Å². The molecular formula is C30H24F2N4O4S. The van der Waals surface area contributed by atoms with Crippen LogP contribution in [0.1, 0.15) is 5.56 Å². The van der Waals surface area contributed by atoms with Crippen LogP contribution in [0, 0.1) is 18.7 Å². The zero-order valence-electron chi connectivity index (χ0n) is 22.3. The van der Waals surface area contributed by atoms with Crippen LogP contribution in [0.25, 0.3) is 33.3 Å². The Labute approximate surface area is 235 Å². The number of nitrogens with zero attached hydrogens (tertiary/aromatic N) is 4. The summed E-state index contributed by atoms with van der Waals surface area (Å²) in [5, 5.41) is 0.393. The van der Waals surface area contributed by atoms with Crippen molar-refractivity contribution >= 4 is 32.7 Å². The second kappa shape index (κ2) is 10.6. The molecule has 1 amide bonds. The van der Waals surface area contributed by atoms with Crippen molar-refractivity contribution in [1.82, 2.24) is 13.9 Å². The van der Waals surface area contributed by atoms with Gasteiger partial charge in [0.15, 0.2) is 17.2 Å². The minimum atomic E-state index is -4.08. The average molecular weight is 575 g/mol. The van der Waals surface area contributed by atoms with Gasteiger partial charge in [-0.1, -0.05) is 24.3 Å². The number of carbonyl (C=O) groups excluding carboxylic acids is 1. The van der Waals surface area contributed by atoms with Crippen LogP contribution < -0.4 is 9.64 Å². The molecule has 3 aromatic heterocycles. The third kappa shape index (κ3) is 4.95. The van der Waals surface area contributed by atoms with E-state index in [4.69, 9.17) is 4.74 Å². The van der Waals surface area contributed by atoms with Crippen molar-refractivity contribution in [3.8, 4) is 28.0 Å². The molecule has 5 rings (SSSR count). The van der Waals surface area contributed by atoms with Crippen molar-refractivity contribution in [3.05, 3.63) is 103 Å². The number of aromatic nitrogens is 3. The molecule has 208 valence electrons. The molecule has 41 heavy (non-hydrogen) atoms. The summed E-state index contributed by atoms with van der Waals surface area (Å²) >= 11 is 0. The molecule has 0 aliphatic heterocycles. The summed E-state index contributed by atoms with van der Waals surface area (Å²) < 4.78 is 62.9. The maximum Gasteiger partial charge on any atom is 0.269 e. The second-order valence-corrected chi connectivity index (χ2v) is 11.0. The van der Waals surface area contributed by atoms with E-state index in [1.54, 1.807) is 24.3 Å². The fraction of sp³-hybridized carbons (Fsp3) is 0.100. The molecule has 3 heterocycles. The van der Waals surface area contributed by atoms with Crippen LogP contribution >= 0.6 is 0 Å². The van der Waals surface area contributed by atoms with E-state index in [1.165, 1.54) is 63.1 Å². The van der Waals surface area contributed by atoms with Gasteiger partial charge in [0.05, 0.1) is 17.7 Å². The molecule has 5 aromatic rings. The van der Waals surface area contributed by atoms with Gasteiger partial charge in [-0.3, -0.25) is 4.79 Å². The predicted molar refractivity (Wildman–Crippen MR) is 152 cm³/mol. The summed E-state index contributed by atoms with van der Waals surface area (Å²) in [6.07, 6.45) is 5.16. The first kappa shape index (κ1) is 27.7. The number of hydrogen-bond donors (Lipinski definition) is 0. The van der Waals surface area contributed by atoms with Crippen molar-refractivity contribution in [2.75, 3.05) is 19.1 Å². The Bertz CT molecular complexity index is 1940. The lowest BCUT2D eigenvalue weighted by Crippen LogP contribution is -2.25. The number of likely N-dealkylation sites (N-methyl/N-ethyl adjacent to an activating group) is 1. The molecular weight excluding hydrogens is 550 g/mol. The topological polar surface area (TPSA) is 94.4 Å². The normalized spacial score (nSPS) is 11.4. The van der Waals surface area contributed by atoms with E-state index in [2.05, 4.69) is 16.5 Å². The second-order valence-electron chi connectivity index (χ2n) is 9.23. The molecule has 0 aliphatic carbocycles. The van der Waals surface area contributed by atoms with E-state index < -0.39 is 27.7 Å². The number of pyridine rings is 2. The largest absolute Gasteiger partial charge is 0.494 e. The number of halogens is 2. The van der Waals surface area contributed by atoms with Crippen molar-refractivity contribution in [2.24, 2.45) is 0 Å². The van der Waals surface area contributed by atoms with Gasteiger partial charge in [-0.15, -0.1) is 0 Å². The van der Waals surface area contributed by atoms with Crippen molar-refractivity contribution in [1.29, 1.82) is 0 Å².